The molecule has 0 bridgehead atoms. The Hall–Kier alpha value is -4.40. The number of carbonyl (C=O) groups excluding carboxylic acids is 1. The van der Waals surface area contributed by atoms with Crippen LogP contribution in [0.2, 0.25) is 0 Å². The minimum Gasteiger partial charge on any atom is -0.481 e. The minimum atomic E-state index is -4.60. The third-order valence-electron chi connectivity index (χ3n) is 5.71. The highest BCUT2D eigenvalue weighted by atomic mass is 19.4. The normalized spacial score (nSPS) is 11.4. The minimum absolute atomic E-state index is 0.0413. The summed E-state index contributed by atoms with van der Waals surface area (Å²) in [4.78, 5) is 25.9. The van der Waals surface area contributed by atoms with Crippen molar-refractivity contribution in [2.75, 3.05) is 4.90 Å². The van der Waals surface area contributed by atoms with Crippen LogP contribution in [-0.4, -0.2) is 17.0 Å². The maximum absolute atomic E-state index is 14.5. The Morgan fingerprint density at radius 1 is 0.865 bits per heavy atom. The molecule has 0 aliphatic heterocycles. The highest BCUT2D eigenvalue weighted by Crippen LogP contribution is 2.38. The molecule has 9 heteroatoms. The summed E-state index contributed by atoms with van der Waals surface area (Å²) in [6.45, 7) is -0.231. The smallest absolute Gasteiger partial charge is 0.417 e. The van der Waals surface area contributed by atoms with Gasteiger partial charge in [-0.2, -0.15) is 13.2 Å². The van der Waals surface area contributed by atoms with E-state index in [1.165, 1.54) is 53.4 Å². The number of hydrogen-bond donors (Lipinski definition) is 1. The molecule has 4 rings (SSSR count). The van der Waals surface area contributed by atoms with Crippen LogP contribution in [0.15, 0.2) is 89.3 Å². The quantitative estimate of drug-likeness (QED) is 0.260. The van der Waals surface area contributed by atoms with Gasteiger partial charge in [-0.25, -0.2) is 4.39 Å². The van der Waals surface area contributed by atoms with Crippen molar-refractivity contribution in [2.24, 2.45) is 0 Å². The topological polar surface area (TPSA) is 70.8 Å². The summed E-state index contributed by atoms with van der Waals surface area (Å²) in [5.74, 6) is -2.37. The first-order valence-corrected chi connectivity index (χ1v) is 11.3. The molecule has 3 aromatic carbocycles. The van der Waals surface area contributed by atoms with E-state index in [4.69, 9.17) is 9.52 Å². The lowest BCUT2D eigenvalue weighted by Gasteiger charge is -2.25. The number of alkyl halides is 3. The molecule has 1 heterocycles. The number of nitrogens with zero attached hydrogens (tertiary/aromatic N) is 1. The number of halogens is 4. The summed E-state index contributed by atoms with van der Waals surface area (Å²) in [5, 5.41) is 9.13. The zero-order chi connectivity index (χ0) is 26.6. The summed E-state index contributed by atoms with van der Waals surface area (Å²) in [5.41, 5.74) is -0.372. The van der Waals surface area contributed by atoms with Crippen molar-refractivity contribution in [3.63, 3.8) is 0 Å². The third kappa shape index (κ3) is 5.88. The lowest BCUT2D eigenvalue weighted by molar-refractivity contribution is -0.138. The molecule has 0 fully saturated rings. The average Bonchev–Trinajstić information content (AvgIpc) is 3.34. The Bertz CT molecular complexity index is 1430. The number of hydrogen-bond acceptors (Lipinski definition) is 3. The van der Waals surface area contributed by atoms with E-state index in [1.54, 1.807) is 24.3 Å². The standard InChI is InChI=1S/C28H21F4NO4/c29-23-11-5-3-9-21(23)27(36)33(24-12-6-1-7-18(24)13-16-26(34)35)17-19-14-15-25(37-19)20-8-2-4-10-22(20)28(30,31)32/h1-12,14-15H,13,16-17H2,(H,34,35). The van der Waals surface area contributed by atoms with Crippen molar-refractivity contribution in [3.8, 4) is 11.3 Å². The van der Waals surface area contributed by atoms with Crippen LogP contribution >= 0.6 is 0 Å². The molecule has 0 spiro atoms. The number of aryl methyl sites for hydroxylation is 1. The van der Waals surface area contributed by atoms with Gasteiger partial charge in [0.2, 0.25) is 0 Å². The fourth-order valence-corrected chi connectivity index (χ4v) is 3.98. The van der Waals surface area contributed by atoms with Crippen LogP contribution in [0, 0.1) is 5.82 Å². The lowest BCUT2D eigenvalue weighted by Crippen LogP contribution is -2.32. The number of carboxylic acids is 1. The van der Waals surface area contributed by atoms with Gasteiger partial charge in [-0.1, -0.05) is 48.5 Å². The molecule has 1 N–H and O–H groups in total. The largest absolute Gasteiger partial charge is 0.481 e. The first-order chi connectivity index (χ1) is 17.6. The first-order valence-electron chi connectivity index (χ1n) is 11.3. The van der Waals surface area contributed by atoms with Crippen LogP contribution in [0.5, 0.6) is 0 Å². The Kier molecular flexibility index (Phi) is 7.42. The van der Waals surface area contributed by atoms with Crippen LogP contribution in [0.3, 0.4) is 0 Å². The van der Waals surface area contributed by atoms with E-state index in [1.807, 2.05) is 0 Å². The number of anilines is 1. The van der Waals surface area contributed by atoms with E-state index in [-0.39, 0.29) is 42.0 Å². The molecule has 0 aliphatic rings. The van der Waals surface area contributed by atoms with Gasteiger partial charge in [-0.05, 0) is 48.4 Å². The molecule has 0 unspecified atom stereocenters. The van der Waals surface area contributed by atoms with E-state index in [9.17, 15) is 27.2 Å². The predicted molar refractivity (Wildman–Crippen MR) is 128 cm³/mol. The second kappa shape index (κ2) is 10.7. The van der Waals surface area contributed by atoms with E-state index in [0.29, 0.717) is 11.3 Å². The number of aliphatic carboxylic acids is 1. The first kappa shape index (κ1) is 25.7. The van der Waals surface area contributed by atoms with Gasteiger partial charge in [-0.15, -0.1) is 0 Å². The Balaban J connectivity index is 1.74. The van der Waals surface area contributed by atoms with Crippen LogP contribution in [-0.2, 0) is 23.9 Å². The van der Waals surface area contributed by atoms with Gasteiger partial charge < -0.3 is 14.4 Å². The van der Waals surface area contributed by atoms with Crippen LogP contribution in [0.4, 0.5) is 23.2 Å². The summed E-state index contributed by atoms with van der Waals surface area (Å²) in [6, 6.07) is 19.8. The van der Waals surface area contributed by atoms with Gasteiger partial charge >= 0.3 is 12.1 Å². The number of carbonyl (C=O) groups is 2. The van der Waals surface area contributed by atoms with Crippen LogP contribution < -0.4 is 4.90 Å². The zero-order valence-electron chi connectivity index (χ0n) is 19.3. The molecule has 4 aromatic rings. The number of carboxylic acid groups (broad SMARTS) is 1. The maximum Gasteiger partial charge on any atom is 0.417 e. The molecule has 1 aromatic heterocycles. The van der Waals surface area contributed by atoms with E-state index >= 15 is 0 Å². The predicted octanol–water partition coefficient (Wildman–Crippen LogP) is 6.97. The average molecular weight is 511 g/mol. The Labute approximate surface area is 209 Å². The van der Waals surface area contributed by atoms with Gasteiger partial charge in [0.15, 0.2) is 0 Å². The van der Waals surface area contributed by atoms with Crippen molar-refractivity contribution < 1.29 is 36.7 Å². The lowest BCUT2D eigenvalue weighted by atomic mass is 10.0. The Morgan fingerprint density at radius 3 is 2.27 bits per heavy atom. The highest BCUT2D eigenvalue weighted by Gasteiger charge is 2.34. The molecule has 0 saturated heterocycles. The highest BCUT2D eigenvalue weighted by molar-refractivity contribution is 6.06. The number of para-hydroxylation sites is 1. The summed E-state index contributed by atoms with van der Waals surface area (Å²) < 4.78 is 60.8. The van der Waals surface area contributed by atoms with Crippen molar-refractivity contribution in [3.05, 3.63) is 113 Å². The summed E-state index contributed by atoms with van der Waals surface area (Å²) >= 11 is 0. The maximum atomic E-state index is 14.5. The molecule has 0 aliphatic carbocycles. The number of rotatable bonds is 8. The van der Waals surface area contributed by atoms with Crippen LogP contribution in [0.1, 0.15) is 33.7 Å². The molecule has 0 radical (unpaired) electrons. The van der Waals surface area contributed by atoms with E-state index in [0.717, 1.165) is 12.1 Å². The van der Waals surface area contributed by atoms with Gasteiger partial charge in [0, 0.05) is 17.7 Å². The fourth-order valence-electron chi connectivity index (χ4n) is 3.98. The van der Waals surface area contributed by atoms with Gasteiger partial charge in [0.05, 0.1) is 17.7 Å². The van der Waals surface area contributed by atoms with Crippen molar-refractivity contribution in [1.29, 1.82) is 0 Å². The molecule has 1 amide bonds. The molecule has 0 saturated carbocycles. The third-order valence-corrected chi connectivity index (χ3v) is 5.71. The van der Waals surface area contributed by atoms with Gasteiger partial charge in [0.1, 0.15) is 17.3 Å². The molecule has 0 atom stereocenters. The number of amides is 1. The second-order valence-corrected chi connectivity index (χ2v) is 8.20. The van der Waals surface area contributed by atoms with Crippen molar-refractivity contribution in [1.82, 2.24) is 0 Å². The molecule has 5 nitrogen and oxygen atoms in total. The second-order valence-electron chi connectivity index (χ2n) is 8.20. The molecule has 37 heavy (non-hydrogen) atoms. The zero-order valence-corrected chi connectivity index (χ0v) is 19.3. The summed E-state index contributed by atoms with van der Waals surface area (Å²) in [6.07, 6.45) is -4.69. The van der Waals surface area contributed by atoms with E-state index in [2.05, 4.69) is 0 Å². The number of furan rings is 1. The summed E-state index contributed by atoms with van der Waals surface area (Å²) in [7, 11) is 0. The molecule has 190 valence electrons. The molecular formula is C28H21F4NO4. The van der Waals surface area contributed by atoms with Gasteiger partial charge in [0.25, 0.3) is 5.91 Å². The SMILES string of the molecule is O=C(O)CCc1ccccc1N(Cc1ccc(-c2ccccc2C(F)(F)F)o1)C(=O)c1ccccc1F. The monoisotopic (exact) mass is 511 g/mol. The number of benzene rings is 3. The van der Waals surface area contributed by atoms with Gasteiger partial charge in [-0.3, -0.25) is 9.59 Å². The fraction of sp³-hybridized carbons (Fsp3) is 0.143. The molecular weight excluding hydrogens is 490 g/mol. The van der Waals surface area contributed by atoms with E-state index < -0.39 is 29.4 Å². The van der Waals surface area contributed by atoms with Crippen LogP contribution in [0.25, 0.3) is 11.3 Å². The Morgan fingerprint density at radius 2 is 1.54 bits per heavy atom. The van der Waals surface area contributed by atoms with Crippen molar-refractivity contribution in [2.45, 2.75) is 25.6 Å². The van der Waals surface area contributed by atoms with Crippen molar-refractivity contribution >= 4 is 17.6 Å².